The number of esters is 2. The van der Waals surface area contributed by atoms with Crippen molar-refractivity contribution in [2.45, 2.75) is 32.7 Å². The van der Waals surface area contributed by atoms with Gasteiger partial charge in [-0.15, -0.1) is 0 Å². The van der Waals surface area contributed by atoms with Crippen LogP contribution in [0, 0.1) is 16.0 Å². The van der Waals surface area contributed by atoms with Crippen molar-refractivity contribution in [1.82, 2.24) is 0 Å². The van der Waals surface area contributed by atoms with Crippen molar-refractivity contribution in [3.05, 3.63) is 46.0 Å². The van der Waals surface area contributed by atoms with E-state index in [0.29, 0.717) is 5.56 Å². The second kappa shape index (κ2) is 8.87. The Morgan fingerprint density at radius 1 is 1.09 bits per heavy atom. The van der Waals surface area contributed by atoms with Crippen LogP contribution in [-0.4, -0.2) is 36.1 Å². The number of carbonyl (C=O) groups is 2. The normalized spacial score (nSPS) is 13.2. The Labute approximate surface area is 134 Å². The Morgan fingerprint density at radius 2 is 1.57 bits per heavy atom. The summed E-state index contributed by atoms with van der Waals surface area (Å²) in [5.74, 6) is -3.97. The lowest BCUT2D eigenvalue weighted by atomic mass is 9.81. The summed E-state index contributed by atoms with van der Waals surface area (Å²) in [4.78, 5) is 35.3. The molecule has 1 aromatic rings. The van der Waals surface area contributed by atoms with E-state index < -0.39 is 34.7 Å². The molecule has 0 bridgehead atoms. The second-order valence-electron chi connectivity index (χ2n) is 4.94. The third kappa shape index (κ3) is 4.77. The van der Waals surface area contributed by atoms with E-state index in [4.69, 9.17) is 9.47 Å². The zero-order valence-corrected chi connectivity index (χ0v) is 13.4. The van der Waals surface area contributed by atoms with E-state index in [0.717, 1.165) is 0 Å². The first-order valence-corrected chi connectivity index (χ1v) is 7.45. The van der Waals surface area contributed by atoms with Gasteiger partial charge in [-0.3, -0.25) is 19.7 Å². The highest BCUT2D eigenvalue weighted by molar-refractivity contribution is 5.96. The van der Waals surface area contributed by atoms with Gasteiger partial charge in [-0.2, -0.15) is 0 Å². The molecule has 7 heteroatoms. The molecule has 23 heavy (non-hydrogen) atoms. The molecule has 0 aliphatic rings. The van der Waals surface area contributed by atoms with Gasteiger partial charge in [0.05, 0.1) is 19.1 Å². The molecule has 0 saturated heterocycles. The van der Waals surface area contributed by atoms with Crippen molar-refractivity contribution in [3.8, 4) is 0 Å². The third-order valence-corrected chi connectivity index (χ3v) is 3.48. The van der Waals surface area contributed by atoms with Gasteiger partial charge in [0.15, 0.2) is 5.92 Å². The molecule has 1 rings (SSSR count). The molecule has 0 heterocycles. The van der Waals surface area contributed by atoms with E-state index in [2.05, 4.69) is 0 Å². The minimum Gasteiger partial charge on any atom is -0.465 e. The molecule has 126 valence electrons. The molecule has 0 spiro atoms. The van der Waals surface area contributed by atoms with Crippen LogP contribution in [0.5, 0.6) is 0 Å². The van der Waals surface area contributed by atoms with Crippen LogP contribution in [0.15, 0.2) is 30.3 Å². The number of ether oxygens (including phenoxy) is 2. The molecule has 0 N–H and O–H groups in total. The minimum absolute atomic E-state index is 0.0725. The van der Waals surface area contributed by atoms with E-state index in [1.54, 1.807) is 44.2 Å². The number of hydrogen-bond donors (Lipinski definition) is 0. The van der Waals surface area contributed by atoms with Crippen LogP contribution in [0.2, 0.25) is 0 Å². The number of nitrogens with zero attached hydrogens (tertiary/aromatic N) is 1. The molecule has 0 radical (unpaired) electrons. The molecule has 0 aliphatic carbocycles. The number of rotatable bonds is 8. The molecule has 0 amide bonds. The summed E-state index contributed by atoms with van der Waals surface area (Å²) < 4.78 is 9.88. The van der Waals surface area contributed by atoms with Gasteiger partial charge in [-0.25, -0.2) is 0 Å². The number of hydrogen-bond acceptors (Lipinski definition) is 6. The molecule has 0 aromatic heterocycles. The Kier molecular flexibility index (Phi) is 7.18. The zero-order chi connectivity index (χ0) is 17.4. The smallest absolute Gasteiger partial charge is 0.321 e. The van der Waals surface area contributed by atoms with Gasteiger partial charge in [-0.05, 0) is 19.4 Å². The molecular formula is C16H21NO6. The molecular weight excluding hydrogens is 302 g/mol. The lowest BCUT2D eigenvalue weighted by Crippen LogP contribution is -2.40. The maximum absolute atomic E-state index is 12.3. The van der Waals surface area contributed by atoms with Gasteiger partial charge < -0.3 is 9.47 Å². The van der Waals surface area contributed by atoms with E-state index >= 15 is 0 Å². The first-order chi connectivity index (χ1) is 10.9. The summed E-state index contributed by atoms with van der Waals surface area (Å²) in [6.07, 6.45) is 0. The largest absolute Gasteiger partial charge is 0.465 e. The van der Waals surface area contributed by atoms with Crippen molar-refractivity contribution in [3.63, 3.8) is 0 Å². The Morgan fingerprint density at radius 3 is 1.96 bits per heavy atom. The van der Waals surface area contributed by atoms with E-state index in [1.807, 2.05) is 0 Å². The van der Waals surface area contributed by atoms with Crippen LogP contribution in [-0.2, 0) is 19.1 Å². The second-order valence-corrected chi connectivity index (χ2v) is 4.94. The molecule has 0 aliphatic heterocycles. The predicted octanol–water partition coefficient (Wildman–Crippen LogP) is 2.18. The first kappa shape index (κ1) is 18.6. The fourth-order valence-corrected chi connectivity index (χ4v) is 2.41. The van der Waals surface area contributed by atoms with Crippen molar-refractivity contribution in [1.29, 1.82) is 0 Å². The van der Waals surface area contributed by atoms with E-state index in [-0.39, 0.29) is 13.2 Å². The minimum atomic E-state index is -1.38. The molecule has 1 aromatic carbocycles. The van der Waals surface area contributed by atoms with Gasteiger partial charge in [0.25, 0.3) is 0 Å². The highest BCUT2D eigenvalue weighted by atomic mass is 16.6. The molecule has 2 atom stereocenters. The Hall–Kier alpha value is -2.44. The van der Waals surface area contributed by atoms with Crippen molar-refractivity contribution < 1.29 is 24.0 Å². The van der Waals surface area contributed by atoms with Gasteiger partial charge in [-0.1, -0.05) is 30.3 Å². The third-order valence-electron chi connectivity index (χ3n) is 3.48. The highest BCUT2D eigenvalue weighted by Crippen LogP contribution is 2.32. The standard InChI is InChI=1S/C16H21NO6/c1-4-22-15(18)14(16(19)23-5-2)13(11(3)17(20)21)12-9-7-6-8-10-12/h6-11,13-14H,4-5H2,1-3H3/t11-,13-/m0/s1. The summed E-state index contributed by atoms with van der Waals surface area (Å²) in [7, 11) is 0. The van der Waals surface area contributed by atoms with Crippen LogP contribution >= 0.6 is 0 Å². The maximum atomic E-state index is 12.3. The summed E-state index contributed by atoms with van der Waals surface area (Å²) >= 11 is 0. The quantitative estimate of drug-likeness (QED) is 0.315. The maximum Gasteiger partial charge on any atom is 0.321 e. The van der Waals surface area contributed by atoms with Gasteiger partial charge in [0, 0.05) is 11.8 Å². The monoisotopic (exact) mass is 323 g/mol. The van der Waals surface area contributed by atoms with Crippen LogP contribution in [0.3, 0.4) is 0 Å². The fraction of sp³-hybridized carbons (Fsp3) is 0.500. The fourth-order valence-electron chi connectivity index (χ4n) is 2.41. The number of carbonyl (C=O) groups excluding carboxylic acids is 2. The molecule has 7 nitrogen and oxygen atoms in total. The molecule has 0 fully saturated rings. The van der Waals surface area contributed by atoms with E-state index in [9.17, 15) is 19.7 Å². The summed E-state index contributed by atoms with van der Waals surface area (Å²) in [5.41, 5.74) is 0.516. The van der Waals surface area contributed by atoms with Crippen LogP contribution in [0.1, 0.15) is 32.3 Å². The number of nitro groups is 1. The average molecular weight is 323 g/mol. The van der Waals surface area contributed by atoms with Crippen LogP contribution < -0.4 is 0 Å². The van der Waals surface area contributed by atoms with Crippen molar-refractivity contribution in [2.24, 2.45) is 5.92 Å². The Balaban J connectivity index is 3.33. The Bertz CT molecular complexity index is 527. The topological polar surface area (TPSA) is 95.7 Å². The van der Waals surface area contributed by atoms with Gasteiger partial charge >= 0.3 is 11.9 Å². The van der Waals surface area contributed by atoms with E-state index in [1.165, 1.54) is 6.92 Å². The first-order valence-electron chi connectivity index (χ1n) is 7.45. The summed E-state index contributed by atoms with van der Waals surface area (Å²) in [6, 6.07) is 7.29. The van der Waals surface area contributed by atoms with Gasteiger partial charge in [0.2, 0.25) is 6.04 Å². The molecule has 0 saturated carbocycles. The lowest BCUT2D eigenvalue weighted by molar-refractivity contribution is -0.523. The summed E-state index contributed by atoms with van der Waals surface area (Å²) in [5, 5.41) is 11.3. The van der Waals surface area contributed by atoms with Crippen LogP contribution in [0.25, 0.3) is 0 Å². The lowest BCUT2D eigenvalue weighted by Gasteiger charge is -2.25. The molecule has 0 unspecified atom stereocenters. The van der Waals surface area contributed by atoms with Crippen molar-refractivity contribution >= 4 is 11.9 Å². The van der Waals surface area contributed by atoms with Crippen LogP contribution in [0.4, 0.5) is 0 Å². The van der Waals surface area contributed by atoms with Crippen molar-refractivity contribution in [2.75, 3.05) is 13.2 Å². The summed E-state index contributed by atoms with van der Waals surface area (Å²) in [6.45, 7) is 4.72. The van der Waals surface area contributed by atoms with Gasteiger partial charge in [0.1, 0.15) is 0 Å². The number of benzene rings is 1. The highest BCUT2D eigenvalue weighted by Gasteiger charge is 2.45. The predicted molar refractivity (Wildman–Crippen MR) is 82.4 cm³/mol. The average Bonchev–Trinajstić information content (AvgIpc) is 2.52. The SMILES string of the molecule is CCOC(=O)C(C(=O)OCC)[C@H](c1ccccc1)[C@H](C)[N+](=O)[O-]. The zero-order valence-electron chi connectivity index (χ0n) is 13.4.